The molecular weight excluding hydrogens is 367 g/mol. The van der Waals surface area contributed by atoms with Gasteiger partial charge in [0.15, 0.2) is 0 Å². The maximum absolute atomic E-state index is 0. The molecular formula is AuCuNiTi. The molecule has 0 aliphatic carbocycles. The van der Waals surface area contributed by atoms with E-state index in [1.165, 1.54) is 0 Å². The average Bonchev–Trinajstić information content (AvgIpc) is 0. The van der Waals surface area contributed by atoms with Gasteiger partial charge >= 0.3 is 0 Å². The second kappa shape index (κ2) is 17.9. The molecule has 4 heteroatoms. The van der Waals surface area contributed by atoms with Crippen molar-refractivity contribution < 1.29 is 77.7 Å². The van der Waals surface area contributed by atoms with Crippen LogP contribution < -0.4 is 0 Å². The van der Waals surface area contributed by atoms with E-state index in [-0.39, 0.29) is 77.7 Å². The SMILES string of the molecule is [Au].[Cu].[Ni].[Ti]. The Balaban J connectivity index is 0. The first-order valence-corrected chi connectivity index (χ1v) is 0. The molecule has 0 saturated carbocycles. The number of rotatable bonds is 0. The molecule has 0 aliphatic heterocycles. The Hall–Kier alpha value is 2.47. The van der Waals surface area contributed by atoms with Crippen LogP contribution in [0.2, 0.25) is 0 Å². The molecule has 4 heavy (non-hydrogen) atoms. The van der Waals surface area contributed by atoms with Crippen LogP contribution in [0.3, 0.4) is 0 Å². The molecule has 0 aromatic rings. The second-order valence-electron chi connectivity index (χ2n) is 0. The largest absolute Gasteiger partial charge is 0 e. The molecule has 0 aromatic heterocycles. The molecule has 0 aliphatic rings. The van der Waals surface area contributed by atoms with Gasteiger partial charge in [0.05, 0.1) is 0 Å². The summed E-state index contributed by atoms with van der Waals surface area (Å²) in [5, 5.41) is 0. The standard InChI is InChI=1S/Au.Cu.Ni.Ti. The van der Waals surface area contributed by atoms with Crippen molar-refractivity contribution in [2.45, 2.75) is 0 Å². The van der Waals surface area contributed by atoms with E-state index >= 15 is 0 Å². The third-order valence-corrected chi connectivity index (χ3v) is 0. The Morgan fingerprint density at radius 2 is 1.00 bits per heavy atom. The summed E-state index contributed by atoms with van der Waals surface area (Å²) in [6, 6.07) is 0. The maximum Gasteiger partial charge on any atom is 0 e. The molecule has 0 spiro atoms. The molecule has 0 unspecified atom stereocenters. The summed E-state index contributed by atoms with van der Waals surface area (Å²) in [7, 11) is 0. The zero-order chi connectivity index (χ0) is 0. The summed E-state index contributed by atoms with van der Waals surface area (Å²) in [6.45, 7) is 0. The van der Waals surface area contributed by atoms with E-state index in [1.54, 1.807) is 0 Å². The predicted molar refractivity (Wildman–Crippen MR) is 0 cm³/mol. The Kier molecular flexibility index (Phi) is 142. The van der Waals surface area contributed by atoms with Gasteiger partial charge in [-0.3, -0.25) is 0 Å². The molecule has 2 radical (unpaired) electrons. The van der Waals surface area contributed by atoms with E-state index in [0.29, 0.717) is 0 Å². The summed E-state index contributed by atoms with van der Waals surface area (Å²) < 4.78 is 0. The summed E-state index contributed by atoms with van der Waals surface area (Å²) >= 11 is 0. The minimum atomic E-state index is 0. The van der Waals surface area contributed by atoms with Crippen LogP contribution in [0.25, 0.3) is 0 Å². The fraction of sp³-hybridized carbons (Fsp3) is 0. The smallest absolute Gasteiger partial charge is 0 e. The predicted octanol–water partition coefficient (Wildman–Crippen LogP) is -0.0100. The van der Waals surface area contributed by atoms with Crippen LogP contribution in [0, 0.1) is 0 Å². The van der Waals surface area contributed by atoms with E-state index in [1.807, 2.05) is 0 Å². The van der Waals surface area contributed by atoms with Gasteiger partial charge in [-0.2, -0.15) is 0 Å². The first-order valence-electron chi connectivity index (χ1n) is 0. The Morgan fingerprint density at radius 1 is 1.00 bits per heavy atom. The van der Waals surface area contributed by atoms with Crippen LogP contribution in [-0.4, -0.2) is 0 Å². The molecule has 0 rings (SSSR count). The van der Waals surface area contributed by atoms with Crippen molar-refractivity contribution in [1.82, 2.24) is 0 Å². The van der Waals surface area contributed by atoms with E-state index in [4.69, 9.17) is 0 Å². The van der Waals surface area contributed by atoms with Crippen molar-refractivity contribution in [3.8, 4) is 0 Å². The van der Waals surface area contributed by atoms with Gasteiger partial charge in [0, 0.05) is 77.7 Å². The van der Waals surface area contributed by atoms with Crippen LogP contribution in [0.5, 0.6) is 0 Å². The topological polar surface area (TPSA) is 0 Å². The maximum atomic E-state index is 0. The minimum absolute atomic E-state index is 0. The van der Waals surface area contributed by atoms with E-state index < -0.39 is 0 Å². The third-order valence-electron chi connectivity index (χ3n) is 0. The van der Waals surface area contributed by atoms with Crippen LogP contribution in [0.4, 0.5) is 0 Å². The van der Waals surface area contributed by atoms with Crippen molar-refractivity contribution in [2.24, 2.45) is 0 Å². The first-order chi connectivity index (χ1) is 0. The molecule has 0 aromatic carbocycles. The van der Waals surface area contributed by atoms with Gasteiger partial charge in [0.25, 0.3) is 0 Å². The van der Waals surface area contributed by atoms with E-state index in [0.717, 1.165) is 0 Å². The monoisotopic (exact) mass is 366 g/mol. The van der Waals surface area contributed by atoms with Gasteiger partial charge in [0.1, 0.15) is 0 Å². The van der Waals surface area contributed by atoms with Crippen molar-refractivity contribution >= 4 is 0 Å². The second-order valence-corrected chi connectivity index (χ2v) is 0. The van der Waals surface area contributed by atoms with Gasteiger partial charge < -0.3 is 0 Å². The zero-order valence-corrected chi connectivity index (χ0v) is 7.08. The normalized spacial score (nSPS) is 0. The van der Waals surface area contributed by atoms with E-state index in [2.05, 4.69) is 0 Å². The van der Waals surface area contributed by atoms with Gasteiger partial charge in [0.2, 0.25) is 0 Å². The molecule has 0 bridgehead atoms. The fourth-order valence-corrected chi connectivity index (χ4v) is 0. The molecule has 0 saturated heterocycles. The zero-order valence-electron chi connectivity index (χ0n) is 1.42. The summed E-state index contributed by atoms with van der Waals surface area (Å²) in [5.74, 6) is 0. The van der Waals surface area contributed by atoms with Gasteiger partial charge in [-0.15, -0.1) is 0 Å². The Morgan fingerprint density at radius 3 is 1.00 bits per heavy atom. The van der Waals surface area contributed by atoms with Crippen LogP contribution >= 0.6 is 0 Å². The Labute approximate surface area is 76.7 Å². The van der Waals surface area contributed by atoms with Gasteiger partial charge in [-0.25, -0.2) is 0 Å². The van der Waals surface area contributed by atoms with E-state index in [9.17, 15) is 0 Å². The van der Waals surface area contributed by atoms with Crippen LogP contribution in [0.15, 0.2) is 0 Å². The third kappa shape index (κ3) is 8.82. The number of hydrogen-bond acceptors (Lipinski definition) is 0. The van der Waals surface area contributed by atoms with Gasteiger partial charge in [-0.05, 0) is 0 Å². The summed E-state index contributed by atoms with van der Waals surface area (Å²) in [5.41, 5.74) is 0. The van der Waals surface area contributed by atoms with Crippen molar-refractivity contribution in [2.75, 3.05) is 0 Å². The van der Waals surface area contributed by atoms with Crippen molar-refractivity contribution in [1.29, 1.82) is 0 Å². The van der Waals surface area contributed by atoms with Crippen LogP contribution in [0.1, 0.15) is 0 Å². The van der Waals surface area contributed by atoms with Crippen molar-refractivity contribution in [3.63, 3.8) is 0 Å². The molecule has 0 N–H and O–H groups in total. The first kappa shape index (κ1) is 31.8. The molecule has 0 fully saturated rings. The molecule has 0 atom stereocenters. The van der Waals surface area contributed by atoms with Gasteiger partial charge in [-0.1, -0.05) is 0 Å². The van der Waals surface area contributed by atoms with Crippen molar-refractivity contribution in [3.05, 3.63) is 0 Å². The molecule has 0 amide bonds. The minimum Gasteiger partial charge on any atom is 0 e. The average molecular weight is 367 g/mol. The Bertz CT molecular complexity index is 8.00. The molecule has 36 valence electrons. The fourth-order valence-electron chi connectivity index (χ4n) is 0. The summed E-state index contributed by atoms with van der Waals surface area (Å²) in [4.78, 5) is 0. The number of hydrogen-bond donors (Lipinski definition) is 0. The summed E-state index contributed by atoms with van der Waals surface area (Å²) in [6.07, 6.45) is 0. The van der Waals surface area contributed by atoms with Crippen LogP contribution in [-0.2, 0) is 77.7 Å². The molecule has 0 heterocycles. The quantitative estimate of drug-likeness (QED) is 0.529. The molecule has 0 nitrogen and oxygen atoms in total.